The zero-order chi connectivity index (χ0) is 14.0. The van der Waals surface area contributed by atoms with Gasteiger partial charge >= 0.3 is 5.69 Å². The Hall–Kier alpha value is -1.89. The van der Waals surface area contributed by atoms with Gasteiger partial charge in [-0.25, -0.2) is 4.79 Å². The molecule has 1 aliphatic rings. The lowest BCUT2D eigenvalue weighted by molar-refractivity contribution is -0.155. The van der Waals surface area contributed by atoms with Gasteiger partial charge in [-0.15, -0.1) is 0 Å². The Morgan fingerprint density at radius 1 is 1.42 bits per heavy atom. The van der Waals surface area contributed by atoms with Crippen molar-refractivity contribution in [1.82, 2.24) is 14.9 Å². The van der Waals surface area contributed by atoms with Gasteiger partial charge in [0.1, 0.15) is 0 Å². The predicted octanol–water partition coefficient (Wildman–Crippen LogP) is -1.02. The third kappa shape index (κ3) is 3.11. The third-order valence-corrected chi connectivity index (χ3v) is 3.20. The van der Waals surface area contributed by atoms with Gasteiger partial charge in [0.25, 0.3) is 5.56 Å². The van der Waals surface area contributed by atoms with Crippen molar-refractivity contribution in [2.45, 2.75) is 31.8 Å². The summed E-state index contributed by atoms with van der Waals surface area (Å²) in [7, 11) is 0. The first-order chi connectivity index (χ1) is 8.92. The molecule has 19 heavy (non-hydrogen) atoms. The van der Waals surface area contributed by atoms with E-state index in [9.17, 15) is 19.5 Å². The minimum Gasteiger partial charge on any atom is -0.386 e. The Balaban J connectivity index is 1.96. The van der Waals surface area contributed by atoms with E-state index in [4.69, 9.17) is 0 Å². The maximum Gasteiger partial charge on any atom is 0.325 e. The Labute approximate surface area is 109 Å². The van der Waals surface area contributed by atoms with Crippen LogP contribution in [-0.2, 0) is 11.2 Å². The number of aromatic nitrogens is 2. The Bertz CT molecular complexity index is 555. The Morgan fingerprint density at radius 2 is 2.11 bits per heavy atom. The molecule has 1 amide bonds. The molecular formula is C12H17N3O4. The molecule has 0 atom stereocenters. The summed E-state index contributed by atoms with van der Waals surface area (Å²) in [6, 6.07) is 1.19. The van der Waals surface area contributed by atoms with Crippen LogP contribution in [0.25, 0.3) is 0 Å². The second kappa shape index (κ2) is 5.00. The molecule has 1 aromatic rings. The maximum atomic E-state index is 11.9. The molecule has 0 spiro atoms. The Morgan fingerprint density at radius 3 is 2.68 bits per heavy atom. The number of carbonyl (C=O) groups is 1. The minimum atomic E-state index is -0.772. The van der Waals surface area contributed by atoms with Crippen molar-refractivity contribution < 1.29 is 9.90 Å². The van der Waals surface area contributed by atoms with Gasteiger partial charge in [-0.2, -0.15) is 0 Å². The van der Waals surface area contributed by atoms with Gasteiger partial charge in [0.15, 0.2) is 0 Å². The molecule has 1 aromatic heterocycles. The number of amides is 1. The summed E-state index contributed by atoms with van der Waals surface area (Å²) in [6.45, 7) is 2.60. The van der Waals surface area contributed by atoms with E-state index in [1.165, 1.54) is 11.0 Å². The summed E-state index contributed by atoms with van der Waals surface area (Å²) in [6.07, 6.45) is 1.49. The van der Waals surface area contributed by atoms with Crippen molar-refractivity contribution >= 4 is 5.91 Å². The van der Waals surface area contributed by atoms with Gasteiger partial charge in [0.05, 0.1) is 25.1 Å². The highest BCUT2D eigenvalue weighted by Gasteiger charge is 2.42. The monoisotopic (exact) mass is 267 g/mol. The summed E-state index contributed by atoms with van der Waals surface area (Å²) in [4.78, 5) is 40.0. The van der Waals surface area contributed by atoms with Crippen LogP contribution in [0.4, 0.5) is 0 Å². The van der Waals surface area contributed by atoms with Crippen LogP contribution in [0.5, 0.6) is 0 Å². The highest BCUT2D eigenvalue weighted by atomic mass is 16.3. The molecule has 7 heteroatoms. The van der Waals surface area contributed by atoms with Gasteiger partial charge in [-0.05, 0) is 6.42 Å². The van der Waals surface area contributed by atoms with Crippen molar-refractivity contribution in [2.24, 2.45) is 0 Å². The van der Waals surface area contributed by atoms with Crippen molar-refractivity contribution in [1.29, 1.82) is 0 Å². The lowest BCUT2D eigenvalue weighted by Crippen LogP contribution is -2.63. The molecule has 1 fully saturated rings. The fourth-order valence-corrected chi connectivity index (χ4v) is 2.35. The molecule has 1 aliphatic heterocycles. The SMILES string of the molecule is CCCC1(O)CN(C(=O)Cc2cc(=O)[nH]c(=O)[nH]2)C1. The van der Waals surface area contributed by atoms with E-state index in [1.807, 2.05) is 11.9 Å². The van der Waals surface area contributed by atoms with Gasteiger partial charge in [-0.3, -0.25) is 14.6 Å². The highest BCUT2D eigenvalue weighted by Crippen LogP contribution is 2.25. The number of rotatable bonds is 4. The quantitative estimate of drug-likeness (QED) is 0.649. The number of nitrogens with zero attached hydrogens (tertiary/aromatic N) is 1. The topological polar surface area (TPSA) is 106 Å². The van der Waals surface area contributed by atoms with Crippen LogP contribution in [0.15, 0.2) is 15.7 Å². The van der Waals surface area contributed by atoms with E-state index in [0.717, 1.165) is 6.42 Å². The van der Waals surface area contributed by atoms with Crippen molar-refractivity contribution in [2.75, 3.05) is 13.1 Å². The molecule has 2 heterocycles. The first-order valence-corrected chi connectivity index (χ1v) is 6.24. The third-order valence-electron chi connectivity index (χ3n) is 3.20. The molecule has 0 aliphatic carbocycles. The second-order valence-corrected chi connectivity index (χ2v) is 5.01. The van der Waals surface area contributed by atoms with Crippen LogP contribution in [0.3, 0.4) is 0 Å². The van der Waals surface area contributed by atoms with E-state index in [0.29, 0.717) is 19.5 Å². The number of H-pyrrole nitrogens is 2. The van der Waals surface area contributed by atoms with Crippen molar-refractivity contribution in [3.05, 3.63) is 32.6 Å². The highest BCUT2D eigenvalue weighted by molar-refractivity contribution is 5.79. The number of hydrogen-bond acceptors (Lipinski definition) is 4. The molecular weight excluding hydrogens is 250 g/mol. The average molecular weight is 267 g/mol. The first kappa shape index (κ1) is 13.5. The van der Waals surface area contributed by atoms with Crippen molar-refractivity contribution in [3.8, 4) is 0 Å². The van der Waals surface area contributed by atoms with Crippen LogP contribution in [-0.4, -0.2) is 44.6 Å². The first-order valence-electron chi connectivity index (χ1n) is 6.24. The number of hydrogen-bond donors (Lipinski definition) is 3. The molecule has 0 aromatic carbocycles. The van der Waals surface area contributed by atoms with Crippen LogP contribution < -0.4 is 11.2 Å². The van der Waals surface area contributed by atoms with Gasteiger partial charge in [0.2, 0.25) is 5.91 Å². The summed E-state index contributed by atoms with van der Waals surface area (Å²) in [5.41, 5.74) is -1.64. The van der Waals surface area contributed by atoms with E-state index >= 15 is 0 Å². The average Bonchev–Trinajstić information content (AvgIpc) is 2.24. The van der Waals surface area contributed by atoms with Gasteiger partial charge in [-0.1, -0.05) is 13.3 Å². The minimum absolute atomic E-state index is 0.0403. The lowest BCUT2D eigenvalue weighted by Gasteiger charge is -2.46. The number of likely N-dealkylation sites (tertiary alicyclic amines) is 1. The Kier molecular flexibility index (Phi) is 3.57. The van der Waals surface area contributed by atoms with Gasteiger partial charge < -0.3 is 15.0 Å². The molecule has 2 rings (SSSR count). The van der Waals surface area contributed by atoms with E-state index in [2.05, 4.69) is 4.98 Å². The standard InChI is InChI=1S/C12H17N3O4/c1-2-3-12(19)6-15(7-12)10(17)5-8-4-9(16)14-11(18)13-8/h4,19H,2-3,5-7H2,1H3,(H2,13,14,16,18). The summed E-state index contributed by atoms with van der Waals surface area (Å²) >= 11 is 0. The smallest absolute Gasteiger partial charge is 0.325 e. The summed E-state index contributed by atoms with van der Waals surface area (Å²) in [5.74, 6) is -0.206. The van der Waals surface area contributed by atoms with Crippen LogP contribution >= 0.6 is 0 Å². The lowest BCUT2D eigenvalue weighted by atomic mass is 9.89. The van der Waals surface area contributed by atoms with Crippen LogP contribution in [0, 0.1) is 0 Å². The van der Waals surface area contributed by atoms with Crippen LogP contribution in [0.1, 0.15) is 25.5 Å². The summed E-state index contributed by atoms with van der Waals surface area (Å²) in [5, 5.41) is 9.98. The molecule has 0 radical (unpaired) electrons. The van der Waals surface area contributed by atoms with Crippen LogP contribution in [0.2, 0.25) is 0 Å². The van der Waals surface area contributed by atoms with E-state index in [1.54, 1.807) is 0 Å². The number of aromatic amines is 2. The zero-order valence-corrected chi connectivity index (χ0v) is 10.7. The molecule has 1 saturated heterocycles. The summed E-state index contributed by atoms with van der Waals surface area (Å²) < 4.78 is 0. The molecule has 3 N–H and O–H groups in total. The molecule has 0 unspecified atom stereocenters. The molecule has 0 saturated carbocycles. The largest absolute Gasteiger partial charge is 0.386 e. The molecule has 0 bridgehead atoms. The normalized spacial score (nSPS) is 17.1. The predicted molar refractivity (Wildman–Crippen MR) is 67.8 cm³/mol. The van der Waals surface area contributed by atoms with E-state index in [-0.39, 0.29) is 18.0 Å². The number of β-amino-alcohol motifs (C(OH)–C–C–N with tert-alkyl or cyclic N) is 1. The van der Waals surface area contributed by atoms with Gasteiger partial charge in [0, 0.05) is 11.8 Å². The molecule has 104 valence electrons. The second-order valence-electron chi connectivity index (χ2n) is 5.01. The number of carbonyl (C=O) groups excluding carboxylic acids is 1. The van der Waals surface area contributed by atoms with E-state index < -0.39 is 16.9 Å². The number of nitrogens with one attached hydrogen (secondary N) is 2. The fraction of sp³-hybridized carbons (Fsp3) is 0.583. The maximum absolute atomic E-state index is 11.9. The van der Waals surface area contributed by atoms with Crippen molar-refractivity contribution in [3.63, 3.8) is 0 Å². The molecule has 7 nitrogen and oxygen atoms in total. The number of aliphatic hydroxyl groups is 1. The zero-order valence-electron chi connectivity index (χ0n) is 10.7. The fourth-order valence-electron chi connectivity index (χ4n) is 2.35.